The predicted molar refractivity (Wildman–Crippen MR) is 114 cm³/mol. The van der Waals surface area contributed by atoms with Gasteiger partial charge in [-0.2, -0.15) is 5.10 Å². The lowest BCUT2D eigenvalue weighted by molar-refractivity contribution is -0.169. The highest BCUT2D eigenvalue weighted by molar-refractivity contribution is 6.30. The number of rotatable bonds is 4. The molecular weight excluding hydrogens is 404 g/mol. The van der Waals surface area contributed by atoms with Crippen molar-refractivity contribution < 1.29 is 9.47 Å². The summed E-state index contributed by atoms with van der Waals surface area (Å²) in [6, 6.07) is 10.1. The minimum Gasteiger partial charge on any atom is -0.380 e. The van der Waals surface area contributed by atoms with Crippen molar-refractivity contribution in [1.82, 2.24) is 20.0 Å². The van der Waals surface area contributed by atoms with Crippen LogP contribution in [-0.4, -0.2) is 52.1 Å². The minimum atomic E-state index is -0.400. The zero-order valence-electron chi connectivity index (χ0n) is 16.5. The first-order valence-corrected chi connectivity index (χ1v) is 10.4. The topological polar surface area (TPSA) is 91.3 Å². The fourth-order valence-corrected chi connectivity index (χ4v) is 4.35. The molecule has 156 valence electrons. The molecule has 0 radical (unpaired) electrons. The third-order valence-corrected chi connectivity index (χ3v) is 6.05. The molecule has 9 heteroatoms. The number of piperidine rings is 1. The molecule has 0 aliphatic carbocycles. The monoisotopic (exact) mass is 426 g/mol. The number of nitrogens with zero attached hydrogens (tertiary/aromatic N) is 5. The Labute approximate surface area is 179 Å². The normalized spacial score (nSPS) is 18.2. The van der Waals surface area contributed by atoms with Gasteiger partial charge in [-0.1, -0.05) is 41.9 Å². The van der Waals surface area contributed by atoms with Crippen LogP contribution in [0.2, 0.25) is 5.15 Å². The van der Waals surface area contributed by atoms with E-state index in [-0.39, 0.29) is 0 Å². The minimum absolute atomic E-state index is 0.297. The number of nitrogen functional groups attached to an aromatic ring is 1. The fraction of sp³-hybridized carbons (Fsp3) is 0.381. The third kappa shape index (κ3) is 3.62. The van der Waals surface area contributed by atoms with E-state index in [0.29, 0.717) is 36.3 Å². The summed E-state index contributed by atoms with van der Waals surface area (Å²) in [6.07, 6.45) is 6.07. The van der Waals surface area contributed by atoms with Gasteiger partial charge < -0.3 is 20.1 Å². The number of nitrogens with two attached hydrogens (primary N) is 1. The third-order valence-electron chi connectivity index (χ3n) is 5.75. The molecule has 4 heterocycles. The zero-order valence-corrected chi connectivity index (χ0v) is 17.3. The number of benzene rings is 1. The van der Waals surface area contributed by atoms with Gasteiger partial charge in [0.05, 0.1) is 31.3 Å². The van der Waals surface area contributed by atoms with E-state index < -0.39 is 5.79 Å². The molecule has 0 bridgehead atoms. The highest BCUT2D eigenvalue weighted by atomic mass is 35.5. The van der Waals surface area contributed by atoms with Gasteiger partial charge in [0.2, 0.25) is 0 Å². The van der Waals surface area contributed by atoms with Crippen molar-refractivity contribution in [1.29, 1.82) is 0 Å². The Morgan fingerprint density at radius 1 is 1.07 bits per heavy atom. The molecule has 3 aromatic rings. The second kappa shape index (κ2) is 7.86. The number of hydrogen-bond acceptors (Lipinski definition) is 7. The molecule has 0 amide bonds. The van der Waals surface area contributed by atoms with Crippen LogP contribution in [0.15, 0.2) is 42.7 Å². The Balaban J connectivity index is 1.41. The Kier molecular flexibility index (Phi) is 5.06. The van der Waals surface area contributed by atoms with Gasteiger partial charge in [0.15, 0.2) is 16.8 Å². The summed E-state index contributed by atoms with van der Waals surface area (Å²) in [5.74, 6) is -0.104. The quantitative estimate of drug-likeness (QED) is 0.685. The average molecular weight is 427 g/mol. The second-order valence-corrected chi connectivity index (χ2v) is 7.96. The van der Waals surface area contributed by atoms with Crippen LogP contribution < -0.4 is 10.6 Å². The standard InChI is InChI=1S/C21H23ClN6O2/c22-19-17(12-15-4-2-1-3-5-15)18(20(23)26-25-19)28-14-16(13-24-28)27-8-6-21(7-9-27)29-10-11-30-21/h1-5,13-14H,6-12H2,(H2,23,26). The van der Waals surface area contributed by atoms with Gasteiger partial charge in [-0.25, -0.2) is 4.68 Å². The summed E-state index contributed by atoms with van der Waals surface area (Å²) < 4.78 is 13.4. The molecule has 2 N–H and O–H groups in total. The summed E-state index contributed by atoms with van der Waals surface area (Å²) in [6.45, 7) is 3.04. The smallest absolute Gasteiger partial charge is 0.172 e. The van der Waals surface area contributed by atoms with E-state index in [4.69, 9.17) is 26.8 Å². The van der Waals surface area contributed by atoms with Crippen LogP contribution in [0, 0.1) is 0 Å². The summed E-state index contributed by atoms with van der Waals surface area (Å²) in [7, 11) is 0. The first kappa shape index (κ1) is 19.3. The number of halogens is 1. The molecule has 0 unspecified atom stereocenters. The van der Waals surface area contributed by atoms with Gasteiger partial charge in [-0.05, 0) is 5.56 Å². The van der Waals surface area contributed by atoms with Gasteiger partial charge in [-0.3, -0.25) is 0 Å². The molecule has 1 spiro atoms. The first-order valence-electron chi connectivity index (χ1n) is 10.1. The summed E-state index contributed by atoms with van der Waals surface area (Å²) in [5, 5.41) is 12.9. The van der Waals surface area contributed by atoms with E-state index in [1.165, 1.54) is 0 Å². The highest BCUT2D eigenvalue weighted by Gasteiger charge is 2.40. The molecular formula is C21H23ClN6O2. The molecule has 2 aliphatic rings. The van der Waals surface area contributed by atoms with Crippen molar-refractivity contribution in [3.63, 3.8) is 0 Å². The maximum Gasteiger partial charge on any atom is 0.172 e. The lowest BCUT2D eigenvalue weighted by atomic mass is 10.0. The maximum atomic E-state index is 6.42. The summed E-state index contributed by atoms with van der Waals surface area (Å²) >= 11 is 6.42. The lowest BCUT2D eigenvalue weighted by Crippen LogP contribution is -2.45. The summed E-state index contributed by atoms with van der Waals surface area (Å²) in [5.41, 5.74) is 9.80. The summed E-state index contributed by atoms with van der Waals surface area (Å²) in [4.78, 5) is 2.28. The van der Waals surface area contributed by atoms with Crippen molar-refractivity contribution in [2.75, 3.05) is 36.9 Å². The van der Waals surface area contributed by atoms with Crippen LogP contribution in [0.3, 0.4) is 0 Å². The highest BCUT2D eigenvalue weighted by Crippen LogP contribution is 2.34. The van der Waals surface area contributed by atoms with Gasteiger partial charge in [0, 0.05) is 37.9 Å². The molecule has 0 atom stereocenters. The van der Waals surface area contributed by atoms with Crippen molar-refractivity contribution in [2.45, 2.75) is 25.0 Å². The Morgan fingerprint density at radius 3 is 2.53 bits per heavy atom. The van der Waals surface area contributed by atoms with E-state index in [1.54, 1.807) is 4.68 Å². The molecule has 0 saturated carbocycles. The van der Waals surface area contributed by atoms with Crippen LogP contribution in [-0.2, 0) is 15.9 Å². The molecule has 2 aromatic heterocycles. The van der Waals surface area contributed by atoms with Crippen molar-refractivity contribution in [3.8, 4) is 5.69 Å². The number of ether oxygens (including phenoxy) is 2. The predicted octanol–water partition coefficient (Wildman–Crippen LogP) is 2.83. The number of aromatic nitrogens is 4. The molecule has 1 aromatic carbocycles. The average Bonchev–Trinajstić information content (AvgIpc) is 3.43. The van der Waals surface area contributed by atoms with Gasteiger partial charge in [-0.15, -0.1) is 10.2 Å². The van der Waals surface area contributed by atoms with Gasteiger partial charge in [0.25, 0.3) is 0 Å². The maximum absolute atomic E-state index is 6.42. The molecule has 2 saturated heterocycles. The number of hydrogen-bond donors (Lipinski definition) is 1. The van der Waals surface area contributed by atoms with Crippen LogP contribution in [0.4, 0.5) is 11.5 Å². The van der Waals surface area contributed by atoms with E-state index in [2.05, 4.69) is 20.2 Å². The Morgan fingerprint density at radius 2 is 1.80 bits per heavy atom. The second-order valence-electron chi connectivity index (χ2n) is 7.60. The Hall–Kier alpha value is -2.68. The first-order chi connectivity index (χ1) is 14.6. The van der Waals surface area contributed by atoms with Crippen LogP contribution in [0.25, 0.3) is 5.69 Å². The van der Waals surface area contributed by atoms with E-state index in [1.807, 2.05) is 42.7 Å². The van der Waals surface area contributed by atoms with Crippen molar-refractivity contribution in [2.24, 2.45) is 0 Å². The zero-order chi connectivity index (χ0) is 20.6. The van der Waals surface area contributed by atoms with Gasteiger partial charge >= 0.3 is 0 Å². The number of anilines is 2. The Bertz CT molecular complexity index is 1030. The fourth-order valence-electron chi connectivity index (χ4n) is 4.16. The van der Waals surface area contributed by atoms with E-state index in [0.717, 1.165) is 42.7 Å². The van der Waals surface area contributed by atoms with E-state index >= 15 is 0 Å². The van der Waals surface area contributed by atoms with Crippen molar-refractivity contribution >= 4 is 23.1 Å². The van der Waals surface area contributed by atoms with Crippen LogP contribution in [0.1, 0.15) is 24.0 Å². The van der Waals surface area contributed by atoms with Crippen LogP contribution >= 0.6 is 11.6 Å². The van der Waals surface area contributed by atoms with Crippen LogP contribution in [0.5, 0.6) is 0 Å². The molecule has 30 heavy (non-hydrogen) atoms. The van der Waals surface area contributed by atoms with E-state index in [9.17, 15) is 0 Å². The van der Waals surface area contributed by atoms with Crippen molar-refractivity contribution in [3.05, 3.63) is 59.0 Å². The van der Waals surface area contributed by atoms with Gasteiger partial charge in [0.1, 0.15) is 5.69 Å². The largest absolute Gasteiger partial charge is 0.380 e. The molecule has 2 aliphatic heterocycles. The molecule has 2 fully saturated rings. The molecule has 8 nitrogen and oxygen atoms in total. The SMILES string of the molecule is Nc1nnc(Cl)c(Cc2ccccc2)c1-n1cc(N2CCC3(CC2)OCCO3)cn1. The lowest BCUT2D eigenvalue weighted by Gasteiger charge is -2.38. The molecule has 5 rings (SSSR count).